The van der Waals surface area contributed by atoms with Crippen molar-refractivity contribution in [2.45, 2.75) is 25.0 Å². The van der Waals surface area contributed by atoms with Gasteiger partial charge in [-0.2, -0.15) is 0 Å². The third-order valence-corrected chi connectivity index (χ3v) is 2.61. The first-order chi connectivity index (χ1) is 7.70. The first kappa shape index (κ1) is 10.8. The maximum Gasteiger partial charge on any atom is 0.330 e. The molecule has 0 spiro atoms. The second-order valence-corrected chi connectivity index (χ2v) is 3.65. The van der Waals surface area contributed by atoms with E-state index in [4.69, 9.17) is 9.47 Å². The van der Waals surface area contributed by atoms with Crippen LogP contribution in [0, 0.1) is 10.1 Å². The minimum atomic E-state index is -0.491. The summed E-state index contributed by atoms with van der Waals surface area (Å²) in [6, 6.07) is 2.90. The van der Waals surface area contributed by atoms with E-state index in [1.165, 1.54) is 18.3 Å². The Morgan fingerprint density at radius 2 is 2.25 bits per heavy atom. The first-order valence-electron chi connectivity index (χ1n) is 4.99. The van der Waals surface area contributed by atoms with Gasteiger partial charge in [0.25, 0.3) is 5.88 Å². The van der Waals surface area contributed by atoms with Crippen LogP contribution in [0.4, 0.5) is 5.69 Å². The summed E-state index contributed by atoms with van der Waals surface area (Å²) in [7, 11) is 1.64. The van der Waals surface area contributed by atoms with Gasteiger partial charge in [0.15, 0.2) is 0 Å². The van der Waals surface area contributed by atoms with Crippen LogP contribution >= 0.6 is 0 Å². The van der Waals surface area contributed by atoms with E-state index in [2.05, 4.69) is 4.98 Å². The van der Waals surface area contributed by atoms with Crippen LogP contribution in [0.2, 0.25) is 0 Å². The largest absolute Gasteiger partial charge is 0.469 e. The number of pyridine rings is 1. The van der Waals surface area contributed by atoms with E-state index in [-0.39, 0.29) is 23.8 Å². The fourth-order valence-electron chi connectivity index (χ4n) is 1.58. The van der Waals surface area contributed by atoms with Crippen molar-refractivity contribution in [3.8, 4) is 5.88 Å². The molecule has 0 amide bonds. The quantitative estimate of drug-likeness (QED) is 0.573. The van der Waals surface area contributed by atoms with Gasteiger partial charge < -0.3 is 9.47 Å². The fraction of sp³-hybridized carbons (Fsp3) is 0.500. The molecule has 1 fully saturated rings. The molecule has 0 aromatic carbocycles. The number of ether oxygens (including phenoxy) is 2. The summed E-state index contributed by atoms with van der Waals surface area (Å²) >= 11 is 0. The topological polar surface area (TPSA) is 74.5 Å². The van der Waals surface area contributed by atoms with Gasteiger partial charge >= 0.3 is 5.69 Å². The second-order valence-electron chi connectivity index (χ2n) is 3.65. The molecular formula is C10H12N2O4. The third-order valence-electron chi connectivity index (χ3n) is 2.61. The van der Waals surface area contributed by atoms with Gasteiger partial charge in [-0.15, -0.1) is 0 Å². The number of methoxy groups -OCH3 is 1. The van der Waals surface area contributed by atoms with E-state index >= 15 is 0 Å². The van der Waals surface area contributed by atoms with E-state index < -0.39 is 4.92 Å². The van der Waals surface area contributed by atoms with Crippen LogP contribution < -0.4 is 4.74 Å². The Morgan fingerprint density at radius 1 is 1.50 bits per heavy atom. The molecule has 0 aliphatic heterocycles. The minimum absolute atomic E-state index is 0.0291. The Balaban J connectivity index is 2.02. The van der Waals surface area contributed by atoms with Crippen molar-refractivity contribution in [1.82, 2.24) is 4.98 Å². The van der Waals surface area contributed by atoms with E-state index in [0.29, 0.717) is 0 Å². The maximum atomic E-state index is 10.7. The predicted molar refractivity (Wildman–Crippen MR) is 55.3 cm³/mol. The van der Waals surface area contributed by atoms with E-state index in [1.807, 2.05) is 0 Å². The van der Waals surface area contributed by atoms with Crippen molar-refractivity contribution in [1.29, 1.82) is 0 Å². The van der Waals surface area contributed by atoms with Gasteiger partial charge in [-0.25, -0.2) is 4.98 Å². The summed E-state index contributed by atoms with van der Waals surface area (Å²) in [5.41, 5.74) is -0.0941. The molecule has 16 heavy (non-hydrogen) atoms. The van der Waals surface area contributed by atoms with Gasteiger partial charge in [-0.1, -0.05) is 0 Å². The average molecular weight is 224 g/mol. The molecule has 1 saturated carbocycles. The zero-order valence-electron chi connectivity index (χ0n) is 8.83. The zero-order valence-corrected chi connectivity index (χ0v) is 8.83. The Labute approximate surface area is 92.3 Å². The molecule has 0 atom stereocenters. The van der Waals surface area contributed by atoms with E-state index in [0.717, 1.165) is 12.8 Å². The fourth-order valence-corrected chi connectivity index (χ4v) is 1.58. The second kappa shape index (κ2) is 4.44. The molecule has 0 radical (unpaired) electrons. The normalized spacial score (nSPS) is 23.6. The summed E-state index contributed by atoms with van der Waals surface area (Å²) in [4.78, 5) is 14.1. The molecule has 0 unspecified atom stereocenters. The van der Waals surface area contributed by atoms with Crippen molar-refractivity contribution in [2.24, 2.45) is 0 Å². The molecule has 2 rings (SSSR count). The molecule has 1 aliphatic carbocycles. The molecule has 1 aliphatic rings. The van der Waals surface area contributed by atoms with Crippen LogP contribution in [0.3, 0.4) is 0 Å². The van der Waals surface area contributed by atoms with Crippen LogP contribution in [0.25, 0.3) is 0 Å². The highest BCUT2D eigenvalue weighted by atomic mass is 16.6. The summed E-state index contributed by atoms with van der Waals surface area (Å²) in [6.07, 6.45) is 3.16. The summed E-state index contributed by atoms with van der Waals surface area (Å²) in [6.45, 7) is 0. The van der Waals surface area contributed by atoms with Crippen LogP contribution in [0.1, 0.15) is 12.8 Å². The SMILES string of the molecule is CO[C@H]1C[C@H](Oc2ncccc2[N+](=O)[O-])C1. The van der Waals surface area contributed by atoms with Gasteiger partial charge in [0.05, 0.1) is 11.0 Å². The molecule has 6 heteroatoms. The molecule has 0 saturated heterocycles. The molecular weight excluding hydrogens is 212 g/mol. The van der Waals surface area contributed by atoms with Crippen LogP contribution in [0.15, 0.2) is 18.3 Å². The van der Waals surface area contributed by atoms with Gasteiger partial charge in [0.1, 0.15) is 6.10 Å². The summed E-state index contributed by atoms with van der Waals surface area (Å²) in [5.74, 6) is 0.0899. The molecule has 0 N–H and O–H groups in total. The number of nitro groups is 1. The van der Waals surface area contributed by atoms with Gasteiger partial charge in [-0.05, 0) is 6.07 Å². The van der Waals surface area contributed by atoms with Gasteiger partial charge in [0, 0.05) is 32.2 Å². The van der Waals surface area contributed by atoms with Crippen LogP contribution in [0.5, 0.6) is 5.88 Å². The Hall–Kier alpha value is -1.69. The van der Waals surface area contributed by atoms with E-state index in [1.54, 1.807) is 7.11 Å². The first-order valence-corrected chi connectivity index (χ1v) is 4.99. The molecule has 0 bridgehead atoms. The number of aromatic nitrogens is 1. The lowest BCUT2D eigenvalue weighted by Crippen LogP contribution is -2.39. The van der Waals surface area contributed by atoms with Crippen LogP contribution in [-0.2, 0) is 4.74 Å². The molecule has 6 nitrogen and oxygen atoms in total. The number of nitrogens with zero attached hydrogens (tertiary/aromatic N) is 2. The van der Waals surface area contributed by atoms with Crippen LogP contribution in [-0.4, -0.2) is 29.2 Å². The predicted octanol–water partition coefficient (Wildman–Crippen LogP) is 1.55. The standard InChI is InChI=1S/C10H12N2O4/c1-15-7-5-8(6-7)16-10-9(12(13)14)3-2-4-11-10/h2-4,7-8H,5-6H2,1H3/t7-,8-. The lowest BCUT2D eigenvalue weighted by Gasteiger charge is -2.33. The molecule has 1 aromatic rings. The lowest BCUT2D eigenvalue weighted by molar-refractivity contribution is -0.386. The average Bonchev–Trinajstić information content (AvgIpc) is 2.23. The number of rotatable bonds is 4. The maximum absolute atomic E-state index is 10.7. The zero-order chi connectivity index (χ0) is 11.5. The van der Waals surface area contributed by atoms with Crippen molar-refractivity contribution in [3.05, 3.63) is 28.4 Å². The third kappa shape index (κ3) is 2.11. The minimum Gasteiger partial charge on any atom is -0.469 e. The summed E-state index contributed by atoms with van der Waals surface area (Å²) in [5, 5.41) is 10.7. The highest BCUT2D eigenvalue weighted by Gasteiger charge is 2.32. The molecule has 86 valence electrons. The Morgan fingerprint density at radius 3 is 2.88 bits per heavy atom. The van der Waals surface area contributed by atoms with Crippen molar-refractivity contribution >= 4 is 5.69 Å². The van der Waals surface area contributed by atoms with Crippen molar-refractivity contribution in [3.63, 3.8) is 0 Å². The monoisotopic (exact) mass is 224 g/mol. The van der Waals surface area contributed by atoms with Crippen molar-refractivity contribution < 1.29 is 14.4 Å². The lowest BCUT2D eigenvalue weighted by atomic mass is 9.92. The smallest absolute Gasteiger partial charge is 0.330 e. The Bertz CT molecular complexity index is 390. The molecule has 1 heterocycles. The Kier molecular flexibility index (Phi) is 3.00. The van der Waals surface area contributed by atoms with Gasteiger partial charge in [0.2, 0.25) is 0 Å². The van der Waals surface area contributed by atoms with Crippen molar-refractivity contribution in [2.75, 3.05) is 7.11 Å². The highest BCUT2D eigenvalue weighted by molar-refractivity contribution is 5.39. The summed E-state index contributed by atoms with van der Waals surface area (Å²) < 4.78 is 10.5. The van der Waals surface area contributed by atoms with Gasteiger partial charge in [-0.3, -0.25) is 10.1 Å². The molecule has 1 aromatic heterocycles. The number of hydrogen-bond acceptors (Lipinski definition) is 5. The highest BCUT2D eigenvalue weighted by Crippen LogP contribution is 2.31. The van der Waals surface area contributed by atoms with E-state index in [9.17, 15) is 10.1 Å². The number of hydrogen-bond donors (Lipinski definition) is 0.